The van der Waals surface area contributed by atoms with Crippen molar-refractivity contribution in [3.8, 4) is 0 Å². The zero-order valence-corrected chi connectivity index (χ0v) is 8.55. The number of allylic oxidation sites excluding steroid dienone is 4. The molecule has 0 fully saturated rings. The molecule has 0 aliphatic heterocycles. The molecule has 0 aromatic carbocycles. The third-order valence-corrected chi connectivity index (χ3v) is 2.64. The van der Waals surface area contributed by atoms with E-state index < -0.39 is 0 Å². The first-order valence-electron chi connectivity index (χ1n) is 5.11. The molecule has 0 saturated carbocycles. The molecular formula is C12H18O. The van der Waals surface area contributed by atoms with Crippen LogP contribution in [0, 0.1) is 5.92 Å². The first-order valence-corrected chi connectivity index (χ1v) is 5.11. The lowest BCUT2D eigenvalue weighted by Crippen LogP contribution is -1.98. The van der Waals surface area contributed by atoms with Crippen molar-refractivity contribution in [2.45, 2.75) is 39.5 Å². The monoisotopic (exact) mass is 178 g/mol. The normalized spacial score (nSPS) is 23.1. The Morgan fingerprint density at radius 2 is 2.31 bits per heavy atom. The zero-order valence-electron chi connectivity index (χ0n) is 8.55. The van der Waals surface area contributed by atoms with Crippen LogP contribution in [0.1, 0.15) is 39.5 Å². The molecule has 1 aliphatic carbocycles. The van der Waals surface area contributed by atoms with Crippen LogP contribution in [-0.2, 0) is 4.79 Å². The maximum atomic E-state index is 10.7. The standard InChI is InChI=1S/C12H18O/c1-3-4-5-6-12-10(2)7-8-11(12)9-13/h5-6,9,11H,3-4,7-8H2,1-2H3. The number of hydrogen-bond acceptors (Lipinski definition) is 1. The highest BCUT2D eigenvalue weighted by molar-refractivity contribution is 5.63. The molecule has 0 amide bonds. The lowest BCUT2D eigenvalue weighted by molar-refractivity contribution is -0.110. The van der Waals surface area contributed by atoms with Gasteiger partial charge in [-0.2, -0.15) is 0 Å². The highest BCUT2D eigenvalue weighted by Crippen LogP contribution is 2.31. The lowest BCUT2D eigenvalue weighted by atomic mass is 10.0. The average Bonchev–Trinajstić information content (AvgIpc) is 2.48. The van der Waals surface area contributed by atoms with Gasteiger partial charge < -0.3 is 4.79 Å². The van der Waals surface area contributed by atoms with E-state index in [0.29, 0.717) is 0 Å². The Labute approximate surface area is 80.5 Å². The van der Waals surface area contributed by atoms with E-state index in [2.05, 4.69) is 26.0 Å². The smallest absolute Gasteiger partial charge is 0.127 e. The molecule has 0 radical (unpaired) electrons. The topological polar surface area (TPSA) is 17.1 Å². The van der Waals surface area contributed by atoms with Crippen LogP contribution in [0.5, 0.6) is 0 Å². The van der Waals surface area contributed by atoms with E-state index in [-0.39, 0.29) is 5.92 Å². The summed E-state index contributed by atoms with van der Waals surface area (Å²) in [7, 11) is 0. The minimum Gasteiger partial charge on any atom is -0.303 e. The maximum absolute atomic E-state index is 10.7. The molecule has 0 heterocycles. The minimum atomic E-state index is 0.174. The van der Waals surface area contributed by atoms with Crippen LogP contribution in [0.25, 0.3) is 0 Å². The van der Waals surface area contributed by atoms with Crippen molar-refractivity contribution < 1.29 is 4.79 Å². The number of unbranched alkanes of at least 4 members (excludes halogenated alkanes) is 1. The van der Waals surface area contributed by atoms with E-state index in [1.165, 1.54) is 17.6 Å². The molecule has 1 nitrogen and oxygen atoms in total. The van der Waals surface area contributed by atoms with Crippen molar-refractivity contribution in [1.82, 2.24) is 0 Å². The molecule has 13 heavy (non-hydrogen) atoms. The van der Waals surface area contributed by atoms with E-state index in [0.717, 1.165) is 25.5 Å². The van der Waals surface area contributed by atoms with Gasteiger partial charge in [0.15, 0.2) is 0 Å². The van der Waals surface area contributed by atoms with E-state index in [1.54, 1.807) is 0 Å². The SMILES string of the molecule is CCCC=CC1=C(C)CCC1C=O. The summed E-state index contributed by atoms with van der Waals surface area (Å²) in [6.07, 6.45) is 9.81. The molecule has 0 aromatic rings. The molecular weight excluding hydrogens is 160 g/mol. The molecule has 1 heteroatoms. The van der Waals surface area contributed by atoms with E-state index >= 15 is 0 Å². The second kappa shape index (κ2) is 5.00. The molecule has 0 spiro atoms. The van der Waals surface area contributed by atoms with Crippen LogP contribution >= 0.6 is 0 Å². The summed E-state index contributed by atoms with van der Waals surface area (Å²) in [5.74, 6) is 0.174. The summed E-state index contributed by atoms with van der Waals surface area (Å²) in [5, 5.41) is 0. The Morgan fingerprint density at radius 3 is 2.92 bits per heavy atom. The fraction of sp³-hybridized carbons (Fsp3) is 0.583. The van der Waals surface area contributed by atoms with Crippen LogP contribution in [0.3, 0.4) is 0 Å². The lowest BCUT2D eigenvalue weighted by Gasteiger charge is -2.02. The Bertz CT molecular complexity index is 236. The Morgan fingerprint density at radius 1 is 1.54 bits per heavy atom. The molecule has 72 valence electrons. The molecule has 0 N–H and O–H groups in total. The van der Waals surface area contributed by atoms with Crippen LogP contribution in [0.15, 0.2) is 23.3 Å². The number of hydrogen-bond donors (Lipinski definition) is 0. The average molecular weight is 178 g/mol. The molecule has 1 unspecified atom stereocenters. The van der Waals surface area contributed by atoms with Crippen molar-refractivity contribution in [3.05, 3.63) is 23.3 Å². The summed E-state index contributed by atoms with van der Waals surface area (Å²) < 4.78 is 0. The fourth-order valence-corrected chi connectivity index (χ4v) is 1.77. The highest BCUT2D eigenvalue weighted by atomic mass is 16.1. The summed E-state index contributed by atoms with van der Waals surface area (Å²) in [6, 6.07) is 0. The molecule has 0 saturated heterocycles. The van der Waals surface area contributed by atoms with Crippen molar-refractivity contribution in [2.24, 2.45) is 5.92 Å². The quantitative estimate of drug-likeness (QED) is 0.604. The van der Waals surface area contributed by atoms with Gasteiger partial charge in [0.25, 0.3) is 0 Å². The number of aldehydes is 1. The van der Waals surface area contributed by atoms with Crippen LogP contribution < -0.4 is 0 Å². The molecule has 0 bridgehead atoms. The Balaban J connectivity index is 2.64. The zero-order chi connectivity index (χ0) is 9.68. The summed E-state index contributed by atoms with van der Waals surface area (Å²) >= 11 is 0. The summed E-state index contributed by atoms with van der Waals surface area (Å²) in [4.78, 5) is 10.7. The van der Waals surface area contributed by atoms with Gasteiger partial charge >= 0.3 is 0 Å². The third-order valence-electron chi connectivity index (χ3n) is 2.64. The maximum Gasteiger partial charge on any atom is 0.127 e. The van der Waals surface area contributed by atoms with Gasteiger partial charge in [-0.15, -0.1) is 0 Å². The van der Waals surface area contributed by atoms with Gasteiger partial charge in [-0.25, -0.2) is 0 Å². The largest absolute Gasteiger partial charge is 0.303 e. The van der Waals surface area contributed by atoms with Crippen LogP contribution in [0.2, 0.25) is 0 Å². The van der Waals surface area contributed by atoms with Gasteiger partial charge in [0.1, 0.15) is 6.29 Å². The van der Waals surface area contributed by atoms with Crippen molar-refractivity contribution in [2.75, 3.05) is 0 Å². The van der Waals surface area contributed by atoms with Gasteiger partial charge in [-0.05, 0) is 31.8 Å². The number of carbonyl (C=O) groups is 1. The molecule has 1 rings (SSSR count). The van der Waals surface area contributed by atoms with Crippen molar-refractivity contribution in [1.29, 1.82) is 0 Å². The van der Waals surface area contributed by atoms with Gasteiger partial charge in [-0.3, -0.25) is 0 Å². The highest BCUT2D eigenvalue weighted by Gasteiger charge is 2.19. The summed E-state index contributed by atoms with van der Waals surface area (Å²) in [6.45, 7) is 4.30. The predicted molar refractivity (Wildman–Crippen MR) is 55.5 cm³/mol. The van der Waals surface area contributed by atoms with Gasteiger partial charge in [0, 0.05) is 5.92 Å². The first-order chi connectivity index (χ1) is 6.29. The molecule has 0 aromatic heterocycles. The number of rotatable bonds is 4. The van der Waals surface area contributed by atoms with Gasteiger partial charge in [-0.1, -0.05) is 31.1 Å². The first kappa shape index (κ1) is 10.2. The van der Waals surface area contributed by atoms with Crippen molar-refractivity contribution >= 4 is 6.29 Å². The summed E-state index contributed by atoms with van der Waals surface area (Å²) in [5.41, 5.74) is 2.66. The van der Waals surface area contributed by atoms with Crippen molar-refractivity contribution in [3.63, 3.8) is 0 Å². The van der Waals surface area contributed by atoms with Gasteiger partial charge in [0.05, 0.1) is 0 Å². The van der Waals surface area contributed by atoms with Crippen LogP contribution in [-0.4, -0.2) is 6.29 Å². The Kier molecular flexibility index (Phi) is 3.94. The third kappa shape index (κ3) is 2.55. The van der Waals surface area contributed by atoms with Crippen LogP contribution in [0.4, 0.5) is 0 Å². The number of carbonyl (C=O) groups excluding carboxylic acids is 1. The van der Waals surface area contributed by atoms with Gasteiger partial charge in [0.2, 0.25) is 0 Å². The van der Waals surface area contributed by atoms with E-state index in [9.17, 15) is 4.79 Å². The van der Waals surface area contributed by atoms with E-state index in [4.69, 9.17) is 0 Å². The Hall–Kier alpha value is -0.850. The molecule has 1 aliphatic rings. The van der Waals surface area contributed by atoms with E-state index in [1.807, 2.05) is 0 Å². The second-order valence-electron chi connectivity index (χ2n) is 3.71. The second-order valence-corrected chi connectivity index (χ2v) is 3.71. The molecule has 1 atom stereocenters. The predicted octanol–water partition coefficient (Wildman–Crippen LogP) is 3.27. The fourth-order valence-electron chi connectivity index (χ4n) is 1.77. The minimum absolute atomic E-state index is 0.174.